The van der Waals surface area contributed by atoms with E-state index in [9.17, 15) is 9.59 Å². The van der Waals surface area contributed by atoms with Crippen LogP contribution in [0.2, 0.25) is 0 Å². The van der Waals surface area contributed by atoms with E-state index in [0.717, 1.165) is 16.9 Å². The quantitative estimate of drug-likeness (QED) is 0.562. The number of rotatable bonds is 5. The van der Waals surface area contributed by atoms with E-state index >= 15 is 0 Å². The lowest BCUT2D eigenvalue weighted by molar-refractivity contribution is 0.0952. The number of fused-ring (bicyclic) bond motifs is 1. The zero-order chi connectivity index (χ0) is 19.5. The lowest BCUT2D eigenvalue weighted by atomic mass is 10.2. The zero-order valence-corrected chi connectivity index (χ0v) is 15.2. The van der Waals surface area contributed by atoms with Crippen molar-refractivity contribution in [3.8, 4) is 11.5 Å². The highest BCUT2D eigenvalue weighted by Crippen LogP contribution is 2.27. The van der Waals surface area contributed by atoms with Crippen molar-refractivity contribution < 1.29 is 9.53 Å². The van der Waals surface area contributed by atoms with Gasteiger partial charge in [-0.05, 0) is 24.6 Å². The van der Waals surface area contributed by atoms with Crippen molar-refractivity contribution in [1.82, 2.24) is 19.9 Å². The minimum atomic E-state index is -0.331. The van der Waals surface area contributed by atoms with E-state index in [2.05, 4.69) is 15.4 Å². The molecule has 0 unspecified atom stereocenters. The predicted octanol–water partition coefficient (Wildman–Crippen LogP) is 3.05. The van der Waals surface area contributed by atoms with Crippen molar-refractivity contribution in [2.75, 3.05) is 0 Å². The number of ether oxygens (including phenoxy) is 1. The van der Waals surface area contributed by atoms with E-state index in [1.807, 2.05) is 55.5 Å². The van der Waals surface area contributed by atoms with Crippen molar-refractivity contribution in [2.45, 2.75) is 13.5 Å². The Hall–Kier alpha value is -3.87. The highest BCUT2D eigenvalue weighted by atomic mass is 16.5. The monoisotopic (exact) mass is 374 g/mol. The molecule has 0 bridgehead atoms. The first kappa shape index (κ1) is 17.5. The largest absolute Gasteiger partial charge is 0.457 e. The second kappa shape index (κ2) is 7.40. The van der Waals surface area contributed by atoms with E-state index < -0.39 is 0 Å². The number of hydrogen-bond donors (Lipinski definition) is 2. The lowest BCUT2D eigenvalue weighted by Gasteiger charge is -2.13. The molecule has 2 aromatic carbocycles. The van der Waals surface area contributed by atoms with E-state index in [4.69, 9.17) is 4.74 Å². The molecule has 0 aliphatic rings. The Morgan fingerprint density at radius 2 is 1.86 bits per heavy atom. The van der Waals surface area contributed by atoms with Crippen LogP contribution >= 0.6 is 0 Å². The minimum absolute atomic E-state index is 0.273. The van der Waals surface area contributed by atoms with Gasteiger partial charge in [-0.15, -0.1) is 0 Å². The van der Waals surface area contributed by atoms with Gasteiger partial charge in [0.15, 0.2) is 0 Å². The molecule has 28 heavy (non-hydrogen) atoms. The average Bonchev–Trinajstić information content (AvgIpc) is 3.12. The predicted molar refractivity (Wildman–Crippen MR) is 105 cm³/mol. The van der Waals surface area contributed by atoms with Gasteiger partial charge in [0.1, 0.15) is 22.7 Å². The number of H-pyrrole nitrogens is 1. The van der Waals surface area contributed by atoms with Crippen LogP contribution in [-0.4, -0.2) is 20.5 Å². The van der Waals surface area contributed by atoms with E-state index in [-0.39, 0.29) is 18.0 Å². The number of amides is 1. The summed E-state index contributed by atoms with van der Waals surface area (Å²) in [7, 11) is 0. The van der Waals surface area contributed by atoms with Crippen molar-refractivity contribution >= 4 is 11.6 Å². The molecular formula is C21H18N4O3. The molecule has 0 atom stereocenters. The molecule has 140 valence electrons. The summed E-state index contributed by atoms with van der Waals surface area (Å²) >= 11 is 0. The molecule has 4 rings (SSSR count). The Morgan fingerprint density at radius 1 is 1.11 bits per heavy atom. The first-order chi connectivity index (χ1) is 13.6. The molecule has 0 saturated heterocycles. The van der Waals surface area contributed by atoms with E-state index in [0.29, 0.717) is 17.0 Å². The second-order valence-corrected chi connectivity index (χ2v) is 6.31. The molecule has 2 aromatic heterocycles. The number of nitrogens with zero attached hydrogens (tertiary/aromatic N) is 2. The van der Waals surface area contributed by atoms with Gasteiger partial charge in [0.25, 0.3) is 11.5 Å². The fourth-order valence-electron chi connectivity index (χ4n) is 2.87. The maximum atomic E-state index is 12.6. The van der Waals surface area contributed by atoms with Crippen molar-refractivity contribution in [1.29, 1.82) is 0 Å². The van der Waals surface area contributed by atoms with Gasteiger partial charge in [-0.2, -0.15) is 5.10 Å². The number of carbonyl (C=O) groups excluding carboxylic acids is 1. The summed E-state index contributed by atoms with van der Waals surface area (Å²) in [5.74, 6) is 1.11. The number of para-hydroxylation sites is 2. The molecule has 4 aromatic rings. The Bertz CT molecular complexity index is 1210. The number of aromatic nitrogens is 3. The van der Waals surface area contributed by atoms with Crippen LogP contribution in [-0.2, 0) is 6.54 Å². The molecule has 1 amide bonds. The van der Waals surface area contributed by atoms with Crippen LogP contribution in [0.25, 0.3) is 5.65 Å². The smallest absolute Gasteiger partial charge is 0.256 e. The normalized spacial score (nSPS) is 10.8. The average molecular weight is 374 g/mol. The van der Waals surface area contributed by atoms with Crippen molar-refractivity contribution in [3.63, 3.8) is 0 Å². The molecule has 0 fully saturated rings. The second-order valence-electron chi connectivity index (χ2n) is 6.31. The molecule has 0 aliphatic heterocycles. The topological polar surface area (TPSA) is 88.5 Å². The molecule has 7 heteroatoms. The standard InChI is InChI=1S/C21H18N4O3/c1-14-6-2-4-8-17(14)28-18-9-5-3-7-15(18)12-22-21(27)16-13-23-25-11-10-19(26)24-20(16)25/h2-11,13H,12H2,1H3,(H,22,27)(H,24,26). The molecule has 7 nitrogen and oxygen atoms in total. The van der Waals surface area contributed by atoms with Gasteiger partial charge in [-0.3, -0.25) is 9.59 Å². The van der Waals surface area contributed by atoms with Crippen LogP contribution in [0.3, 0.4) is 0 Å². The third-order valence-corrected chi connectivity index (χ3v) is 4.37. The summed E-state index contributed by atoms with van der Waals surface area (Å²) in [5, 5.41) is 6.94. The highest BCUT2D eigenvalue weighted by molar-refractivity contribution is 5.99. The fourth-order valence-corrected chi connectivity index (χ4v) is 2.87. The van der Waals surface area contributed by atoms with Crippen LogP contribution < -0.4 is 15.6 Å². The van der Waals surface area contributed by atoms with Crippen LogP contribution in [0, 0.1) is 6.92 Å². The summed E-state index contributed by atoms with van der Waals surface area (Å²) in [6.45, 7) is 2.25. The molecule has 0 aliphatic carbocycles. The van der Waals surface area contributed by atoms with Crippen molar-refractivity contribution in [3.05, 3.63) is 94.0 Å². The van der Waals surface area contributed by atoms with Gasteiger partial charge >= 0.3 is 0 Å². The molecular weight excluding hydrogens is 356 g/mol. The SMILES string of the molecule is Cc1ccccc1Oc1ccccc1CNC(=O)c1cnn2ccc(=O)[nH]c12. The Balaban J connectivity index is 1.53. The highest BCUT2D eigenvalue weighted by Gasteiger charge is 2.14. The van der Waals surface area contributed by atoms with E-state index in [1.54, 1.807) is 0 Å². The maximum absolute atomic E-state index is 12.6. The number of aryl methyl sites for hydroxylation is 1. The zero-order valence-electron chi connectivity index (χ0n) is 15.2. The van der Waals surface area contributed by atoms with Crippen molar-refractivity contribution in [2.24, 2.45) is 0 Å². The van der Waals surface area contributed by atoms with E-state index in [1.165, 1.54) is 23.0 Å². The summed E-state index contributed by atoms with van der Waals surface area (Å²) in [4.78, 5) is 26.8. The number of nitrogens with one attached hydrogen (secondary N) is 2. The number of aromatic amines is 1. The maximum Gasteiger partial charge on any atom is 0.256 e. The summed E-state index contributed by atoms with van der Waals surface area (Å²) in [5.41, 5.74) is 2.23. The van der Waals surface area contributed by atoms with Crippen LogP contribution in [0.5, 0.6) is 11.5 Å². The number of carbonyl (C=O) groups is 1. The fraction of sp³-hybridized carbons (Fsp3) is 0.0952. The first-order valence-electron chi connectivity index (χ1n) is 8.78. The van der Waals surface area contributed by atoms with Crippen LogP contribution in [0.15, 0.2) is 71.8 Å². The number of benzene rings is 2. The van der Waals surface area contributed by atoms with Gasteiger partial charge in [0.05, 0.1) is 6.20 Å². The van der Waals surface area contributed by atoms with Crippen LogP contribution in [0.1, 0.15) is 21.5 Å². The first-order valence-corrected chi connectivity index (χ1v) is 8.78. The third kappa shape index (κ3) is 3.50. The molecule has 2 N–H and O–H groups in total. The summed E-state index contributed by atoms with van der Waals surface area (Å²) < 4.78 is 7.48. The Kier molecular flexibility index (Phi) is 4.63. The van der Waals surface area contributed by atoms with Gasteiger partial charge in [0, 0.05) is 24.4 Å². The van der Waals surface area contributed by atoms with Crippen LogP contribution in [0.4, 0.5) is 0 Å². The van der Waals surface area contributed by atoms with Gasteiger partial charge in [0.2, 0.25) is 0 Å². The third-order valence-electron chi connectivity index (χ3n) is 4.37. The summed E-state index contributed by atoms with van der Waals surface area (Å²) in [6, 6.07) is 16.6. The number of hydrogen-bond acceptors (Lipinski definition) is 4. The van der Waals surface area contributed by atoms with Gasteiger partial charge < -0.3 is 15.0 Å². The summed E-state index contributed by atoms with van der Waals surface area (Å²) in [6.07, 6.45) is 2.94. The minimum Gasteiger partial charge on any atom is -0.457 e. The molecule has 0 saturated carbocycles. The van der Waals surface area contributed by atoms with Gasteiger partial charge in [-0.1, -0.05) is 36.4 Å². The molecule has 0 radical (unpaired) electrons. The molecule has 2 heterocycles. The molecule has 0 spiro atoms. The Morgan fingerprint density at radius 3 is 2.68 bits per heavy atom. The lowest BCUT2D eigenvalue weighted by Crippen LogP contribution is -2.23. The van der Waals surface area contributed by atoms with Gasteiger partial charge in [-0.25, -0.2) is 4.52 Å². The Labute approximate surface area is 160 Å².